The van der Waals surface area contributed by atoms with Gasteiger partial charge in [0.05, 0.1) is 13.2 Å². The van der Waals surface area contributed by atoms with Gasteiger partial charge in [-0.1, -0.05) is 0 Å². The number of ether oxygens (including phenoxy) is 2. The maximum Gasteiger partial charge on any atom is 0.411 e. The van der Waals surface area contributed by atoms with Crippen molar-refractivity contribution < 1.29 is 19.4 Å². The van der Waals surface area contributed by atoms with Gasteiger partial charge < -0.3 is 14.6 Å². The minimum atomic E-state index is -0.577. The zero-order valence-electron chi connectivity index (χ0n) is 10.0. The van der Waals surface area contributed by atoms with Gasteiger partial charge in [-0.25, -0.2) is 4.79 Å². The fourth-order valence-electron chi connectivity index (χ4n) is 1.32. The predicted octanol–water partition coefficient (Wildman–Crippen LogP) is 1.93. The van der Waals surface area contributed by atoms with Crippen molar-refractivity contribution in [3.05, 3.63) is 23.8 Å². The molecule has 0 aliphatic carbocycles. The van der Waals surface area contributed by atoms with Gasteiger partial charge in [-0.15, -0.1) is 0 Å². The predicted molar refractivity (Wildman–Crippen MR) is 64.4 cm³/mol. The summed E-state index contributed by atoms with van der Waals surface area (Å²) in [6.45, 7) is 4.18. The highest BCUT2D eigenvalue weighted by molar-refractivity contribution is 5.85. The monoisotopic (exact) mass is 239 g/mol. The maximum absolute atomic E-state index is 11.3. The topological polar surface area (TPSA) is 67.8 Å². The summed E-state index contributed by atoms with van der Waals surface area (Å²) in [5.74, 6) is 0.763. The van der Waals surface area contributed by atoms with Crippen molar-refractivity contribution in [3.8, 4) is 5.75 Å². The number of hydrogen-bond acceptors (Lipinski definition) is 4. The van der Waals surface area contributed by atoms with Crippen LogP contribution in [0.15, 0.2) is 18.2 Å². The third kappa shape index (κ3) is 4.32. The molecule has 0 heterocycles. The third-order valence-corrected chi connectivity index (χ3v) is 2.07. The average Bonchev–Trinajstić information content (AvgIpc) is 2.30. The summed E-state index contributed by atoms with van der Waals surface area (Å²) >= 11 is 0. The number of aliphatic hydroxyl groups excluding tert-OH is 1. The Morgan fingerprint density at radius 3 is 2.82 bits per heavy atom. The van der Waals surface area contributed by atoms with Gasteiger partial charge in [0.15, 0.2) is 0 Å². The molecule has 0 unspecified atom stereocenters. The number of nitrogens with one attached hydrogen (secondary N) is 1. The Bertz CT molecular complexity index is 379. The Labute approximate surface area is 100 Å². The van der Waals surface area contributed by atoms with Gasteiger partial charge in [0.1, 0.15) is 12.4 Å². The molecule has 0 saturated carbocycles. The average molecular weight is 239 g/mol. The molecule has 94 valence electrons. The van der Waals surface area contributed by atoms with E-state index in [0.29, 0.717) is 12.3 Å². The van der Waals surface area contributed by atoms with Crippen molar-refractivity contribution in [2.75, 3.05) is 25.1 Å². The highest BCUT2D eigenvalue weighted by atomic mass is 16.6. The summed E-state index contributed by atoms with van der Waals surface area (Å²) in [4.78, 5) is 11.3. The molecule has 0 radical (unpaired) electrons. The minimum Gasteiger partial charge on any atom is -0.494 e. The molecule has 1 aromatic rings. The lowest BCUT2D eigenvalue weighted by atomic mass is 10.2. The van der Waals surface area contributed by atoms with Crippen molar-refractivity contribution in [2.45, 2.75) is 13.8 Å². The van der Waals surface area contributed by atoms with Gasteiger partial charge in [-0.05, 0) is 37.6 Å². The fourth-order valence-corrected chi connectivity index (χ4v) is 1.32. The molecule has 0 bridgehead atoms. The normalized spacial score (nSPS) is 9.82. The van der Waals surface area contributed by atoms with E-state index >= 15 is 0 Å². The molecule has 0 aromatic heterocycles. The Hall–Kier alpha value is -1.75. The lowest BCUT2D eigenvalue weighted by Crippen LogP contribution is -2.16. The number of aryl methyl sites for hydroxylation is 1. The zero-order valence-corrected chi connectivity index (χ0v) is 10.0. The number of aliphatic hydroxyl groups is 1. The van der Waals surface area contributed by atoms with E-state index in [1.165, 1.54) is 0 Å². The molecule has 17 heavy (non-hydrogen) atoms. The highest BCUT2D eigenvalue weighted by Gasteiger charge is 2.06. The van der Waals surface area contributed by atoms with Crippen molar-refractivity contribution >= 4 is 11.8 Å². The first-order chi connectivity index (χ1) is 8.17. The Morgan fingerprint density at radius 1 is 1.47 bits per heavy atom. The molecule has 0 saturated heterocycles. The van der Waals surface area contributed by atoms with E-state index in [9.17, 15) is 4.79 Å². The Morgan fingerprint density at radius 2 is 2.24 bits per heavy atom. The lowest BCUT2D eigenvalue weighted by molar-refractivity contribution is 0.131. The zero-order chi connectivity index (χ0) is 12.7. The SMILES string of the molecule is CCOc1ccc(NC(=O)OCCO)c(C)c1. The van der Waals surface area contributed by atoms with Crippen LogP contribution in [0.2, 0.25) is 0 Å². The first-order valence-corrected chi connectivity index (χ1v) is 5.45. The van der Waals surface area contributed by atoms with Gasteiger partial charge in [0.25, 0.3) is 0 Å². The van der Waals surface area contributed by atoms with Crippen LogP contribution in [0.25, 0.3) is 0 Å². The number of benzene rings is 1. The van der Waals surface area contributed by atoms with E-state index in [0.717, 1.165) is 11.3 Å². The van der Waals surface area contributed by atoms with Crippen molar-refractivity contribution in [1.82, 2.24) is 0 Å². The van der Waals surface area contributed by atoms with Crippen LogP contribution in [0.4, 0.5) is 10.5 Å². The van der Waals surface area contributed by atoms with Crippen LogP contribution in [0.1, 0.15) is 12.5 Å². The second-order valence-electron chi connectivity index (χ2n) is 3.39. The molecule has 0 aliphatic rings. The van der Waals surface area contributed by atoms with Crippen LogP contribution in [0.3, 0.4) is 0 Å². The number of rotatable bonds is 5. The van der Waals surface area contributed by atoms with E-state index in [1.54, 1.807) is 12.1 Å². The lowest BCUT2D eigenvalue weighted by Gasteiger charge is -2.10. The van der Waals surface area contributed by atoms with E-state index in [4.69, 9.17) is 14.6 Å². The van der Waals surface area contributed by atoms with E-state index < -0.39 is 6.09 Å². The molecule has 5 nitrogen and oxygen atoms in total. The molecule has 1 aromatic carbocycles. The summed E-state index contributed by atoms with van der Waals surface area (Å²) in [6.07, 6.45) is -0.577. The molecular weight excluding hydrogens is 222 g/mol. The molecule has 0 atom stereocenters. The van der Waals surface area contributed by atoms with Crippen LogP contribution in [-0.4, -0.2) is 31.0 Å². The van der Waals surface area contributed by atoms with Crippen molar-refractivity contribution in [1.29, 1.82) is 0 Å². The molecule has 0 aliphatic heterocycles. The van der Waals surface area contributed by atoms with Gasteiger partial charge in [0.2, 0.25) is 0 Å². The number of anilines is 1. The number of hydrogen-bond donors (Lipinski definition) is 2. The quantitative estimate of drug-likeness (QED) is 0.824. The van der Waals surface area contributed by atoms with Gasteiger partial charge in [-0.2, -0.15) is 0 Å². The molecule has 1 rings (SSSR count). The van der Waals surface area contributed by atoms with Crippen molar-refractivity contribution in [2.24, 2.45) is 0 Å². The smallest absolute Gasteiger partial charge is 0.411 e. The number of amides is 1. The highest BCUT2D eigenvalue weighted by Crippen LogP contribution is 2.21. The third-order valence-electron chi connectivity index (χ3n) is 2.07. The molecular formula is C12H17NO4. The van der Waals surface area contributed by atoms with Crippen LogP contribution in [0, 0.1) is 6.92 Å². The molecule has 0 fully saturated rings. The second kappa shape index (κ2) is 6.75. The van der Waals surface area contributed by atoms with Crippen LogP contribution in [0.5, 0.6) is 5.75 Å². The summed E-state index contributed by atoms with van der Waals surface area (Å²) in [5, 5.41) is 11.1. The maximum atomic E-state index is 11.3. The fraction of sp³-hybridized carbons (Fsp3) is 0.417. The molecule has 2 N–H and O–H groups in total. The number of carbonyl (C=O) groups is 1. The second-order valence-corrected chi connectivity index (χ2v) is 3.39. The van der Waals surface area contributed by atoms with Gasteiger partial charge >= 0.3 is 6.09 Å². The van der Waals surface area contributed by atoms with E-state index in [2.05, 4.69) is 5.32 Å². The van der Waals surface area contributed by atoms with Gasteiger partial charge in [0, 0.05) is 5.69 Å². The Kier molecular flexibility index (Phi) is 5.29. The first kappa shape index (κ1) is 13.3. The summed E-state index contributed by atoms with van der Waals surface area (Å²) in [7, 11) is 0. The van der Waals surface area contributed by atoms with E-state index in [-0.39, 0.29) is 13.2 Å². The van der Waals surface area contributed by atoms with Crippen LogP contribution in [-0.2, 0) is 4.74 Å². The summed E-state index contributed by atoms with van der Waals surface area (Å²) in [5.41, 5.74) is 1.55. The van der Waals surface area contributed by atoms with Crippen molar-refractivity contribution in [3.63, 3.8) is 0 Å². The minimum absolute atomic E-state index is 0.0120. The standard InChI is InChI=1S/C12H17NO4/c1-3-16-10-4-5-11(9(2)8-10)13-12(15)17-7-6-14/h4-5,8,14H,3,6-7H2,1-2H3,(H,13,15). The summed E-state index contributed by atoms with van der Waals surface area (Å²) < 4.78 is 10.0. The van der Waals surface area contributed by atoms with E-state index in [1.807, 2.05) is 19.9 Å². The Balaban J connectivity index is 2.62. The van der Waals surface area contributed by atoms with Gasteiger partial charge in [-0.3, -0.25) is 5.32 Å². The largest absolute Gasteiger partial charge is 0.494 e. The summed E-state index contributed by atoms with van der Waals surface area (Å²) in [6, 6.07) is 5.36. The first-order valence-electron chi connectivity index (χ1n) is 5.45. The van der Waals surface area contributed by atoms with Crippen LogP contribution >= 0.6 is 0 Å². The molecule has 0 spiro atoms. The molecule has 5 heteroatoms. The number of carbonyl (C=O) groups excluding carboxylic acids is 1. The van der Waals surface area contributed by atoms with Crippen LogP contribution < -0.4 is 10.1 Å². The molecule has 1 amide bonds.